The van der Waals surface area contributed by atoms with Crippen molar-refractivity contribution in [2.75, 3.05) is 4.90 Å². The lowest BCUT2D eigenvalue weighted by atomic mass is 9.93. The van der Waals surface area contributed by atoms with Gasteiger partial charge >= 0.3 is 0 Å². The van der Waals surface area contributed by atoms with Gasteiger partial charge in [-0.1, -0.05) is 0 Å². The van der Waals surface area contributed by atoms with Gasteiger partial charge in [-0.05, 0) is 24.7 Å². The zero-order chi connectivity index (χ0) is 13.5. The van der Waals surface area contributed by atoms with Crippen LogP contribution in [0.15, 0.2) is 36.4 Å². The molecule has 0 N–H and O–H groups in total. The molecule has 3 heterocycles. The second-order valence-corrected chi connectivity index (χ2v) is 6.38. The van der Waals surface area contributed by atoms with Gasteiger partial charge in [0, 0.05) is 31.2 Å². The Morgan fingerprint density at radius 1 is 1.20 bits per heavy atom. The Kier molecular flexibility index (Phi) is 2.84. The number of nitrogens with zero attached hydrogens (tertiary/aromatic N) is 5. The summed E-state index contributed by atoms with van der Waals surface area (Å²) in [6.07, 6.45) is 14.1. The first-order valence-electron chi connectivity index (χ1n) is 6.94. The molecule has 1 fully saturated rings. The van der Waals surface area contributed by atoms with Crippen LogP contribution in [-0.2, 0) is 7.05 Å². The molecular formula is C14H17N5S. The van der Waals surface area contributed by atoms with Gasteiger partial charge in [0.05, 0.1) is 24.1 Å². The first-order chi connectivity index (χ1) is 9.81. The standard InChI is InChI=1S/C14H17N5S/c1-17-9-11(7-15-17)14-18(5-6-20-14)13-8-16-19(10-13)12-3-2-4-12/h5-10,12,14H,2-4H2,1H3. The third-order valence-electron chi connectivity index (χ3n) is 4.03. The summed E-state index contributed by atoms with van der Waals surface area (Å²) in [6, 6.07) is 0.611. The largest absolute Gasteiger partial charge is 0.328 e. The summed E-state index contributed by atoms with van der Waals surface area (Å²) in [4.78, 5) is 2.27. The van der Waals surface area contributed by atoms with Crippen molar-refractivity contribution in [3.05, 3.63) is 42.0 Å². The fourth-order valence-corrected chi connectivity index (χ4v) is 3.61. The lowest BCUT2D eigenvalue weighted by Gasteiger charge is -2.26. The van der Waals surface area contributed by atoms with Crippen LogP contribution in [0.5, 0.6) is 0 Å². The number of aryl methyl sites for hydroxylation is 1. The fraction of sp³-hybridized carbons (Fsp3) is 0.429. The first kappa shape index (κ1) is 12.1. The van der Waals surface area contributed by atoms with Crippen LogP contribution in [0.4, 0.5) is 5.69 Å². The molecule has 2 aromatic heterocycles. The van der Waals surface area contributed by atoms with Crippen molar-refractivity contribution in [3.8, 4) is 0 Å². The van der Waals surface area contributed by atoms with Gasteiger partial charge in [-0.2, -0.15) is 10.2 Å². The predicted octanol–water partition coefficient (Wildman–Crippen LogP) is 3.06. The number of hydrogen-bond acceptors (Lipinski definition) is 4. The summed E-state index contributed by atoms with van der Waals surface area (Å²) in [7, 11) is 1.95. The van der Waals surface area contributed by atoms with Crippen LogP contribution in [0, 0.1) is 0 Å². The molecule has 0 bridgehead atoms. The predicted molar refractivity (Wildman–Crippen MR) is 80.3 cm³/mol. The Morgan fingerprint density at radius 3 is 2.80 bits per heavy atom. The zero-order valence-electron chi connectivity index (χ0n) is 11.4. The molecule has 0 spiro atoms. The van der Waals surface area contributed by atoms with E-state index in [2.05, 4.69) is 43.8 Å². The minimum atomic E-state index is 0.266. The van der Waals surface area contributed by atoms with E-state index in [0.29, 0.717) is 6.04 Å². The van der Waals surface area contributed by atoms with Gasteiger partial charge in [-0.25, -0.2) is 0 Å². The highest BCUT2D eigenvalue weighted by molar-refractivity contribution is 8.02. The molecular weight excluding hydrogens is 270 g/mol. The normalized spacial score (nSPS) is 22.4. The van der Waals surface area contributed by atoms with Crippen LogP contribution in [0.1, 0.15) is 36.2 Å². The molecule has 1 unspecified atom stereocenters. The van der Waals surface area contributed by atoms with E-state index in [9.17, 15) is 0 Å². The monoisotopic (exact) mass is 287 g/mol. The van der Waals surface area contributed by atoms with Crippen molar-refractivity contribution in [1.82, 2.24) is 19.6 Å². The van der Waals surface area contributed by atoms with E-state index in [-0.39, 0.29) is 5.37 Å². The minimum absolute atomic E-state index is 0.266. The maximum absolute atomic E-state index is 4.53. The van der Waals surface area contributed by atoms with Crippen LogP contribution in [0.2, 0.25) is 0 Å². The minimum Gasteiger partial charge on any atom is -0.328 e. The van der Waals surface area contributed by atoms with Gasteiger partial charge in [0.2, 0.25) is 0 Å². The second-order valence-electron chi connectivity index (χ2n) is 5.39. The summed E-state index contributed by atoms with van der Waals surface area (Å²) in [5, 5.41) is 11.2. The first-order valence-corrected chi connectivity index (χ1v) is 7.89. The van der Waals surface area contributed by atoms with Crippen LogP contribution >= 0.6 is 11.8 Å². The fourth-order valence-electron chi connectivity index (χ4n) is 2.66. The summed E-state index contributed by atoms with van der Waals surface area (Å²) in [5.41, 5.74) is 2.38. The quantitative estimate of drug-likeness (QED) is 0.869. The molecule has 104 valence electrons. The van der Waals surface area contributed by atoms with E-state index >= 15 is 0 Å². The van der Waals surface area contributed by atoms with Crippen molar-refractivity contribution in [1.29, 1.82) is 0 Å². The van der Waals surface area contributed by atoms with Crippen LogP contribution < -0.4 is 4.90 Å². The molecule has 6 heteroatoms. The number of aromatic nitrogens is 4. The van der Waals surface area contributed by atoms with Crippen LogP contribution in [0.25, 0.3) is 0 Å². The number of rotatable bonds is 3. The molecule has 4 rings (SSSR count). The van der Waals surface area contributed by atoms with Gasteiger partial charge in [-0.15, -0.1) is 11.8 Å². The van der Waals surface area contributed by atoms with E-state index in [1.165, 1.54) is 24.8 Å². The summed E-state index contributed by atoms with van der Waals surface area (Å²) in [6.45, 7) is 0. The van der Waals surface area contributed by atoms with E-state index in [0.717, 1.165) is 5.69 Å². The zero-order valence-corrected chi connectivity index (χ0v) is 12.2. The smallest absolute Gasteiger partial charge is 0.112 e. The maximum Gasteiger partial charge on any atom is 0.112 e. The Morgan fingerprint density at radius 2 is 2.10 bits per heavy atom. The second kappa shape index (κ2) is 4.70. The highest BCUT2D eigenvalue weighted by atomic mass is 32.2. The molecule has 0 aromatic carbocycles. The summed E-state index contributed by atoms with van der Waals surface area (Å²) >= 11 is 1.80. The van der Waals surface area contributed by atoms with E-state index in [1.54, 1.807) is 11.8 Å². The third kappa shape index (κ3) is 1.95. The molecule has 1 saturated carbocycles. The maximum atomic E-state index is 4.53. The van der Waals surface area contributed by atoms with Gasteiger partial charge in [0.25, 0.3) is 0 Å². The average molecular weight is 287 g/mol. The SMILES string of the molecule is Cn1cc(C2SC=CN2c2cnn(C3CCC3)c2)cn1. The summed E-state index contributed by atoms with van der Waals surface area (Å²) < 4.78 is 3.97. The van der Waals surface area contributed by atoms with E-state index in [1.807, 2.05) is 24.1 Å². The molecule has 1 aliphatic carbocycles. The highest BCUT2D eigenvalue weighted by Crippen LogP contribution is 2.42. The molecule has 0 amide bonds. The van der Waals surface area contributed by atoms with Crippen LogP contribution in [0.3, 0.4) is 0 Å². The lowest BCUT2D eigenvalue weighted by Crippen LogP contribution is -2.18. The van der Waals surface area contributed by atoms with Crippen molar-refractivity contribution in [2.45, 2.75) is 30.7 Å². The molecule has 2 aromatic rings. The van der Waals surface area contributed by atoms with Crippen LogP contribution in [-0.4, -0.2) is 19.6 Å². The van der Waals surface area contributed by atoms with Crippen molar-refractivity contribution in [2.24, 2.45) is 7.05 Å². The molecule has 2 aliphatic rings. The molecule has 0 radical (unpaired) electrons. The number of hydrogen-bond donors (Lipinski definition) is 0. The molecule has 0 saturated heterocycles. The van der Waals surface area contributed by atoms with Gasteiger partial charge < -0.3 is 4.90 Å². The number of anilines is 1. The lowest BCUT2D eigenvalue weighted by molar-refractivity contribution is 0.289. The Hall–Kier alpha value is -1.69. The van der Waals surface area contributed by atoms with Crippen molar-refractivity contribution < 1.29 is 0 Å². The Labute approximate surface area is 122 Å². The number of thioether (sulfide) groups is 1. The summed E-state index contributed by atoms with van der Waals surface area (Å²) in [5.74, 6) is 0. The van der Waals surface area contributed by atoms with Gasteiger partial charge in [0.1, 0.15) is 5.37 Å². The molecule has 1 aliphatic heterocycles. The van der Waals surface area contributed by atoms with E-state index < -0.39 is 0 Å². The topological polar surface area (TPSA) is 38.9 Å². The van der Waals surface area contributed by atoms with Gasteiger partial charge in [0.15, 0.2) is 0 Å². The third-order valence-corrected chi connectivity index (χ3v) is 5.06. The molecule has 20 heavy (non-hydrogen) atoms. The Balaban J connectivity index is 1.59. The average Bonchev–Trinajstić information content (AvgIpc) is 3.04. The van der Waals surface area contributed by atoms with Gasteiger partial charge in [-0.3, -0.25) is 9.36 Å². The van der Waals surface area contributed by atoms with Crippen molar-refractivity contribution in [3.63, 3.8) is 0 Å². The molecule has 1 atom stereocenters. The molecule has 5 nitrogen and oxygen atoms in total. The van der Waals surface area contributed by atoms with E-state index in [4.69, 9.17) is 0 Å². The Bertz CT molecular complexity index is 640. The highest BCUT2D eigenvalue weighted by Gasteiger charge is 2.27. The van der Waals surface area contributed by atoms with Crippen molar-refractivity contribution >= 4 is 17.4 Å².